The number of aromatic hydroxyl groups is 2. The maximum Gasteiger partial charge on any atom is 0.339 e. The third kappa shape index (κ3) is 1.43. The van der Waals surface area contributed by atoms with Crippen LogP contribution in [0.3, 0.4) is 0 Å². The number of carbonyl (C=O) groups is 1. The summed E-state index contributed by atoms with van der Waals surface area (Å²) in [6.07, 6.45) is 0. The van der Waals surface area contributed by atoms with Crippen molar-refractivity contribution in [1.82, 2.24) is 0 Å². The van der Waals surface area contributed by atoms with Gasteiger partial charge in [0.1, 0.15) is 17.1 Å². The normalized spacial score (nSPS) is 10.2. The van der Waals surface area contributed by atoms with Gasteiger partial charge in [-0.2, -0.15) is 0 Å². The van der Waals surface area contributed by atoms with Crippen LogP contribution in [0.5, 0.6) is 11.5 Å². The second kappa shape index (κ2) is 3.49. The molecule has 0 aliphatic heterocycles. The van der Waals surface area contributed by atoms with Gasteiger partial charge in [-0.25, -0.2) is 4.79 Å². The predicted molar refractivity (Wildman–Crippen MR) is 53.9 cm³/mol. The first-order valence-corrected chi connectivity index (χ1v) is 4.61. The lowest BCUT2D eigenvalue weighted by molar-refractivity contribution is 0.0692. The fraction of sp³-hybridized carbons (Fsp3) is 0.222. The van der Waals surface area contributed by atoms with Crippen LogP contribution in [0.4, 0.5) is 0 Å². The summed E-state index contributed by atoms with van der Waals surface area (Å²) in [5.41, 5.74) is 0.269. The average Bonchev–Trinajstić information content (AvgIpc) is 2.11. The van der Waals surface area contributed by atoms with Gasteiger partial charge in [0.25, 0.3) is 0 Å². The molecule has 0 spiro atoms. The van der Waals surface area contributed by atoms with Crippen molar-refractivity contribution < 1.29 is 20.1 Å². The molecule has 4 nitrogen and oxygen atoms in total. The monoisotopic (exact) mass is 260 g/mol. The molecule has 3 N–H and O–H groups in total. The molecule has 0 aliphatic rings. The highest BCUT2D eigenvalue weighted by Crippen LogP contribution is 2.39. The van der Waals surface area contributed by atoms with Gasteiger partial charge in [-0.3, -0.25) is 0 Å². The highest BCUT2D eigenvalue weighted by atomic mass is 79.9. The van der Waals surface area contributed by atoms with E-state index in [2.05, 4.69) is 15.9 Å². The average molecular weight is 261 g/mol. The van der Waals surface area contributed by atoms with Crippen LogP contribution < -0.4 is 0 Å². The first kappa shape index (κ1) is 10.8. The fourth-order valence-electron chi connectivity index (χ4n) is 1.19. The number of phenols is 2. The summed E-state index contributed by atoms with van der Waals surface area (Å²) in [5, 5.41) is 27.8. The summed E-state index contributed by atoms with van der Waals surface area (Å²) in [5.74, 6) is -1.75. The summed E-state index contributed by atoms with van der Waals surface area (Å²) < 4.78 is 0.296. The van der Waals surface area contributed by atoms with Crippen molar-refractivity contribution in [3.8, 4) is 11.5 Å². The van der Waals surface area contributed by atoms with Gasteiger partial charge in [-0.15, -0.1) is 0 Å². The van der Waals surface area contributed by atoms with Gasteiger partial charge in [0.05, 0.1) is 4.47 Å². The Labute approximate surface area is 88.9 Å². The maximum absolute atomic E-state index is 10.8. The van der Waals surface area contributed by atoms with E-state index in [9.17, 15) is 15.0 Å². The summed E-state index contributed by atoms with van der Waals surface area (Å²) in [7, 11) is 0. The minimum atomic E-state index is -1.22. The largest absolute Gasteiger partial charge is 0.507 e. The molecule has 0 unspecified atom stereocenters. The van der Waals surface area contributed by atoms with E-state index in [1.807, 2.05) is 0 Å². The van der Waals surface area contributed by atoms with Crippen LogP contribution in [0.2, 0.25) is 0 Å². The van der Waals surface area contributed by atoms with Crippen molar-refractivity contribution in [2.75, 3.05) is 0 Å². The number of benzene rings is 1. The van der Waals surface area contributed by atoms with E-state index in [4.69, 9.17) is 5.11 Å². The Bertz CT molecular complexity index is 383. The summed E-state index contributed by atoms with van der Waals surface area (Å²) in [6.45, 7) is 2.95. The predicted octanol–water partition coefficient (Wildman–Crippen LogP) is 2.18. The molecule has 0 saturated carbocycles. The van der Waals surface area contributed by atoms with Crippen molar-refractivity contribution in [1.29, 1.82) is 0 Å². The molecule has 0 bridgehead atoms. The van der Waals surface area contributed by atoms with Gasteiger partial charge in [0.15, 0.2) is 0 Å². The van der Waals surface area contributed by atoms with Gasteiger partial charge >= 0.3 is 5.97 Å². The van der Waals surface area contributed by atoms with E-state index < -0.39 is 11.7 Å². The number of hydrogen-bond acceptors (Lipinski definition) is 3. The van der Waals surface area contributed by atoms with Crippen LogP contribution in [-0.2, 0) is 0 Å². The molecule has 0 saturated heterocycles. The maximum atomic E-state index is 10.8. The van der Waals surface area contributed by atoms with Gasteiger partial charge in [0.2, 0.25) is 0 Å². The Morgan fingerprint density at radius 1 is 1.14 bits per heavy atom. The Balaban J connectivity index is 3.68. The highest BCUT2D eigenvalue weighted by Gasteiger charge is 2.21. The lowest BCUT2D eigenvalue weighted by atomic mass is 10.0. The topological polar surface area (TPSA) is 77.8 Å². The summed E-state index contributed by atoms with van der Waals surface area (Å²) in [4.78, 5) is 10.8. The number of carboxylic acid groups (broad SMARTS) is 1. The van der Waals surface area contributed by atoms with Gasteiger partial charge < -0.3 is 15.3 Å². The van der Waals surface area contributed by atoms with E-state index in [1.54, 1.807) is 0 Å². The van der Waals surface area contributed by atoms with E-state index in [1.165, 1.54) is 13.8 Å². The van der Waals surface area contributed by atoms with Crippen LogP contribution in [0, 0.1) is 13.8 Å². The molecule has 76 valence electrons. The van der Waals surface area contributed by atoms with Crippen molar-refractivity contribution in [3.05, 3.63) is 21.2 Å². The molecule has 5 heteroatoms. The van der Waals surface area contributed by atoms with Gasteiger partial charge in [0, 0.05) is 5.56 Å². The number of aromatic carboxylic acids is 1. The standard InChI is InChI=1S/C9H9BrO4/c1-3-5(9(13)14)7(11)4(2)8(12)6(3)10/h11-12H,1-2H3,(H,13,14). The van der Waals surface area contributed by atoms with E-state index in [-0.39, 0.29) is 16.9 Å². The van der Waals surface area contributed by atoms with Gasteiger partial charge in [-0.05, 0) is 35.3 Å². The number of hydrogen-bond donors (Lipinski definition) is 3. The fourth-order valence-corrected chi connectivity index (χ4v) is 1.69. The quantitative estimate of drug-likeness (QED) is 0.724. The van der Waals surface area contributed by atoms with Crippen molar-refractivity contribution >= 4 is 21.9 Å². The molecule has 0 fully saturated rings. The van der Waals surface area contributed by atoms with Crippen LogP contribution in [0.1, 0.15) is 21.5 Å². The lowest BCUT2D eigenvalue weighted by Gasteiger charge is -2.11. The third-order valence-electron chi connectivity index (χ3n) is 2.07. The Morgan fingerprint density at radius 2 is 1.64 bits per heavy atom. The molecule has 14 heavy (non-hydrogen) atoms. The first-order chi connectivity index (χ1) is 6.37. The van der Waals surface area contributed by atoms with E-state index >= 15 is 0 Å². The Kier molecular flexibility index (Phi) is 2.71. The molecule has 1 rings (SSSR count). The lowest BCUT2D eigenvalue weighted by Crippen LogP contribution is -2.02. The second-order valence-corrected chi connectivity index (χ2v) is 3.73. The minimum absolute atomic E-state index is 0.134. The van der Waals surface area contributed by atoms with E-state index in [0.29, 0.717) is 10.0 Å². The molecular weight excluding hydrogens is 252 g/mol. The van der Waals surface area contributed by atoms with Crippen LogP contribution >= 0.6 is 15.9 Å². The first-order valence-electron chi connectivity index (χ1n) is 3.81. The molecule has 1 aromatic carbocycles. The molecule has 0 heterocycles. The smallest absolute Gasteiger partial charge is 0.339 e. The zero-order valence-corrected chi connectivity index (χ0v) is 9.21. The molecule has 1 aromatic rings. The minimum Gasteiger partial charge on any atom is -0.507 e. The Hall–Kier alpha value is -1.23. The zero-order valence-electron chi connectivity index (χ0n) is 7.63. The zero-order chi connectivity index (χ0) is 11.0. The molecule has 0 radical (unpaired) electrons. The second-order valence-electron chi connectivity index (χ2n) is 2.94. The van der Waals surface area contributed by atoms with Crippen LogP contribution in [-0.4, -0.2) is 21.3 Å². The summed E-state index contributed by atoms with van der Waals surface area (Å²) >= 11 is 3.06. The number of carboxylic acids is 1. The van der Waals surface area contributed by atoms with Crippen LogP contribution in [0.15, 0.2) is 4.47 Å². The molecule has 0 amide bonds. The SMILES string of the molecule is Cc1c(O)c(Br)c(C)c(C(=O)O)c1O. The van der Waals surface area contributed by atoms with E-state index in [0.717, 1.165) is 0 Å². The van der Waals surface area contributed by atoms with Crippen molar-refractivity contribution in [2.45, 2.75) is 13.8 Å². The third-order valence-corrected chi connectivity index (χ3v) is 3.04. The Morgan fingerprint density at radius 3 is 2.07 bits per heavy atom. The molecule has 0 aromatic heterocycles. The van der Waals surface area contributed by atoms with Crippen molar-refractivity contribution in [2.24, 2.45) is 0 Å². The number of rotatable bonds is 1. The highest BCUT2D eigenvalue weighted by molar-refractivity contribution is 9.10. The number of phenolic OH excluding ortho intramolecular Hbond substituents is 1. The summed E-state index contributed by atoms with van der Waals surface area (Å²) in [6, 6.07) is 0. The van der Waals surface area contributed by atoms with Crippen molar-refractivity contribution in [3.63, 3.8) is 0 Å². The molecule has 0 aliphatic carbocycles. The van der Waals surface area contributed by atoms with Crippen LogP contribution in [0.25, 0.3) is 0 Å². The molecular formula is C9H9BrO4. The number of halogens is 1. The van der Waals surface area contributed by atoms with Gasteiger partial charge in [-0.1, -0.05) is 0 Å². The molecule has 0 atom stereocenters.